The van der Waals surface area contributed by atoms with Crippen LogP contribution >= 0.6 is 0 Å². The molecular formula is C20H25FN2O2. The third-order valence-electron chi connectivity index (χ3n) is 4.65. The number of hydrogen-bond donors (Lipinski definition) is 1. The second kappa shape index (κ2) is 8.32. The Morgan fingerprint density at radius 2 is 1.80 bits per heavy atom. The summed E-state index contributed by atoms with van der Waals surface area (Å²) in [7, 11) is 3.30. The summed E-state index contributed by atoms with van der Waals surface area (Å²) in [5.41, 5.74) is 2.09. The zero-order valence-corrected chi connectivity index (χ0v) is 14.8. The Kier molecular flexibility index (Phi) is 5.89. The van der Waals surface area contributed by atoms with E-state index < -0.39 is 0 Å². The molecule has 0 spiro atoms. The number of nitrogens with zero attached hydrogens (tertiary/aromatic N) is 1. The van der Waals surface area contributed by atoms with Crippen molar-refractivity contribution in [3.05, 3.63) is 59.4 Å². The second-order valence-electron chi connectivity index (χ2n) is 6.18. The zero-order chi connectivity index (χ0) is 17.6. The van der Waals surface area contributed by atoms with E-state index in [-0.39, 0.29) is 11.9 Å². The number of halogens is 1. The highest BCUT2D eigenvalue weighted by molar-refractivity contribution is 5.50. The fourth-order valence-electron chi connectivity index (χ4n) is 3.48. The number of rotatable bonds is 5. The van der Waals surface area contributed by atoms with Gasteiger partial charge in [-0.2, -0.15) is 0 Å². The van der Waals surface area contributed by atoms with E-state index in [4.69, 9.17) is 9.47 Å². The van der Waals surface area contributed by atoms with Crippen molar-refractivity contribution in [1.82, 2.24) is 10.2 Å². The zero-order valence-electron chi connectivity index (χ0n) is 14.8. The van der Waals surface area contributed by atoms with E-state index in [9.17, 15) is 4.39 Å². The maximum Gasteiger partial charge on any atom is 0.165 e. The lowest BCUT2D eigenvalue weighted by Crippen LogP contribution is -2.33. The summed E-state index contributed by atoms with van der Waals surface area (Å²) in [6.45, 7) is 3.84. The smallest absolute Gasteiger partial charge is 0.165 e. The van der Waals surface area contributed by atoms with Crippen LogP contribution in [-0.2, 0) is 0 Å². The van der Waals surface area contributed by atoms with Gasteiger partial charge in [0.15, 0.2) is 11.5 Å². The van der Waals surface area contributed by atoms with Crippen LogP contribution < -0.4 is 14.8 Å². The lowest BCUT2D eigenvalue weighted by atomic mass is 9.95. The molecule has 1 N–H and O–H groups in total. The average molecular weight is 344 g/mol. The van der Waals surface area contributed by atoms with Crippen molar-refractivity contribution in [1.29, 1.82) is 0 Å². The lowest BCUT2D eigenvalue weighted by Gasteiger charge is -2.32. The SMILES string of the molecule is COc1cccc(C(c2ccc(F)cc2)N2CCCNCC2)c1OC. The van der Waals surface area contributed by atoms with E-state index in [0.29, 0.717) is 5.75 Å². The molecule has 0 aliphatic carbocycles. The minimum Gasteiger partial charge on any atom is -0.493 e. The number of nitrogens with one attached hydrogen (secondary N) is 1. The third kappa shape index (κ3) is 3.94. The van der Waals surface area contributed by atoms with Gasteiger partial charge < -0.3 is 14.8 Å². The topological polar surface area (TPSA) is 33.7 Å². The molecular weight excluding hydrogens is 319 g/mol. The van der Waals surface area contributed by atoms with Gasteiger partial charge in [0.2, 0.25) is 0 Å². The van der Waals surface area contributed by atoms with Gasteiger partial charge in [0.1, 0.15) is 5.82 Å². The Balaban J connectivity index is 2.09. The number of benzene rings is 2. The van der Waals surface area contributed by atoms with Crippen LogP contribution in [0.15, 0.2) is 42.5 Å². The van der Waals surface area contributed by atoms with E-state index in [1.807, 2.05) is 24.3 Å². The Morgan fingerprint density at radius 3 is 2.52 bits per heavy atom. The summed E-state index contributed by atoms with van der Waals surface area (Å²) in [5, 5.41) is 3.44. The number of para-hydroxylation sites is 1. The minimum absolute atomic E-state index is 0.00875. The average Bonchev–Trinajstić information content (AvgIpc) is 2.92. The van der Waals surface area contributed by atoms with Gasteiger partial charge in [0.05, 0.1) is 20.3 Å². The van der Waals surface area contributed by atoms with Crippen LogP contribution in [0.5, 0.6) is 11.5 Å². The molecule has 2 aromatic carbocycles. The van der Waals surface area contributed by atoms with Gasteiger partial charge in [-0.05, 0) is 36.7 Å². The van der Waals surface area contributed by atoms with Crippen molar-refractivity contribution >= 4 is 0 Å². The maximum absolute atomic E-state index is 13.5. The molecule has 0 aromatic heterocycles. The Hall–Kier alpha value is -2.11. The molecule has 1 atom stereocenters. The number of ether oxygens (including phenoxy) is 2. The fourth-order valence-corrected chi connectivity index (χ4v) is 3.48. The second-order valence-corrected chi connectivity index (χ2v) is 6.18. The molecule has 25 heavy (non-hydrogen) atoms. The Morgan fingerprint density at radius 1 is 1.00 bits per heavy atom. The van der Waals surface area contributed by atoms with E-state index in [1.54, 1.807) is 14.2 Å². The fraction of sp³-hybridized carbons (Fsp3) is 0.400. The molecule has 1 unspecified atom stereocenters. The van der Waals surface area contributed by atoms with E-state index in [0.717, 1.165) is 49.5 Å². The highest BCUT2D eigenvalue weighted by Gasteiger charge is 2.27. The van der Waals surface area contributed by atoms with Gasteiger partial charge in [-0.15, -0.1) is 0 Å². The lowest BCUT2D eigenvalue weighted by molar-refractivity contribution is 0.234. The highest BCUT2D eigenvalue weighted by atomic mass is 19.1. The standard InChI is InChI=1S/C20H25FN2O2/c1-24-18-6-3-5-17(20(18)25-2)19(15-7-9-16(21)10-8-15)23-13-4-11-22-12-14-23/h3,5-10,19,22H,4,11-14H2,1-2H3. The molecule has 3 rings (SSSR count). The largest absolute Gasteiger partial charge is 0.493 e. The highest BCUT2D eigenvalue weighted by Crippen LogP contribution is 2.40. The number of methoxy groups -OCH3 is 2. The predicted octanol–water partition coefficient (Wildman–Crippen LogP) is 3.23. The minimum atomic E-state index is -0.224. The van der Waals surface area contributed by atoms with Crippen LogP contribution in [-0.4, -0.2) is 45.3 Å². The van der Waals surface area contributed by atoms with Crippen molar-refractivity contribution in [2.45, 2.75) is 12.5 Å². The normalized spacial score (nSPS) is 16.9. The van der Waals surface area contributed by atoms with Crippen LogP contribution in [0.3, 0.4) is 0 Å². The predicted molar refractivity (Wildman–Crippen MR) is 96.8 cm³/mol. The van der Waals surface area contributed by atoms with Gasteiger partial charge in [-0.3, -0.25) is 4.90 Å². The quantitative estimate of drug-likeness (QED) is 0.903. The molecule has 0 bridgehead atoms. The molecule has 1 aliphatic heterocycles. The molecule has 0 amide bonds. The molecule has 134 valence electrons. The van der Waals surface area contributed by atoms with Gasteiger partial charge in [-0.25, -0.2) is 4.39 Å². The van der Waals surface area contributed by atoms with Crippen molar-refractivity contribution < 1.29 is 13.9 Å². The summed E-state index contributed by atoms with van der Waals surface area (Å²) in [6, 6.07) is 12.7. The van der Waals surface area contributed by atoms with Crippen molar-refractivity contribution in [3.63, 3.8) is 0 Å². The monoisotopic (exact) mass is 344 g/mol. The summed E-state index contributed by atoms with van der Waals surface area (Å²) in [4.78, 5) is 2.42. The van der Waals surface area contributed by atoms with Crippen LogP contribution in [0.25, 0.3) is 0 Å². The molecule has 1 heterocycles. The maximum atomic E-state index is 13.5. The van der Waals surface area contributed by atoms with Crippen molar-refractivity contribution in [3.8, 4) is 11.5 Å². The van der Waals surface area contributed by atoms with E-state index in [1.165, 1.54) is 12.1 Å². The van der Waals surface area contributed by atoms with E-state index in [2.05, 4.69) is 16.3 Å². The van der Waals surface area contributed by atoms with Crippen LogP contribution in [0, 0.1) is 5.82 Å². The molecule has 1 fully saturated rings. The first-order chi connectivity index (χ1) is 12.2. The molecule has 1 saturated heterocycles. The van der Waals surface area contributed by atoms with Gasteiger partial charge >= 0.3 is 0 Å². The first-order valence-corrected chi connectivity index (χ1v) is 8.65. The molecule has 5 heteroatoms. The molecule has 0 radical (unpaired) electrons. The Labute approximate surface area is 148 Å². The van der Waals surface area contributed by atoms with Crippen LogP contribution in [0.4, 0.5) is 4.39 Å². The summed E-state index contributed by atoms with van der Waals surface area (Å²) in [5.74, 6) is 1.22. The summed E-state index contributed by atoms with van der Waals surface area (Å²) < 4.78 is 24.6. The molecule has 1 aliphatic rings. The summed E-state index contributed by atoms with van der Waals surface area (Å²) >= 11 is 0. The third-order valence-corrected chi connectivity index (χ3v) is 4.65. The van der Waals surface area contributed by atoms with Crippen molar-refractivity contribution in [2.75, 3.05) is 40.4 Å². The Bertz CT molecular complexity index is 683. The first-order valence-electron chi connectivity index (χ1n) is 8.65. The van der Waals surface area contributed by atoms with Gasteiger partial charge in [0.25, 0.3) is 0 Å². The van der Waals surface area contributed by atoms with Gasteiger partial charge in [0, 0.05) is 25.2 Å². The number of hydrogen-bond acceptors (Lipinski definition) is 4. The van der Waals surface area contributed by atoms with Crippen LogP contribution in [0.2, 0.25) is 0 Å². The molecule has 0 saturated carbocycles. The van der Waals surface area contributed by atoms with Crippen LogP contribution in [0.1, 0.15) is 23.6 Å². The van der Waals surface area contributed by atoms with Crippen molar-refractivity contribution in [2.24, 2.45) is 0 Å². The molecule has 2 aromatic rings. The summed E-state index contributed by atoms with van der Waals surface area (Å²) in [6.07, 6.45) is 1.07. The molecule has 4 nitrogen and oxygen atoms in total. The first kappa shape index (κ1) is 17.7. The van der Waals surface area contributed by atoms with Gasteiger partial charge in [-0.1, -0.05) is 24.3 Å². The van der Waals surface area contributed by atoms with E-state index >= 15 is 0 Å².